The number of thioether (sulfide) groups is 1. The van der Waals surface area contributed by atoms with Gasteiger partial charge in [-0.1, -0.05) is 42.1 Å². The molecule has 0 radical (unpaired) electrons. The summed E-state index contributed by atoms with van der Waals surface area (Å²) in [5, 5.41) is 0.146. The second kappa shape index (κ2) is 7.53. The zero-order valence-corrected chi connectivity index (χ0v) is 14.3. The molecule has 1 aliphatic heterocycles. The first-order chi connectivity index (χ1) is 11.6. The van der Waals surface area contributed by atoms with E-state index in [4.69, 9.17) is 4.74 Å². The largest absolute Gasteiger partial charge is 0.457 e. The summed E-state index contributed by atoms with van der Waals surface area (Å²) in [4.78, 5) is 25.0. The molecular weight excluding hydrogens is 322 g/mol. The van der Waals surface area contributed by atoms with Crippen LogP contribution in [0, 0.1) is 0 Å². The van der Waals surface area contributed by atoms with Crippen LogP contribution < -0.4 is 4.74 Å². The van der Waals surface area contributed by atoms with E-state index in [1.54, 1.807) is 6.92 Å². The third-order valence-electron chi connectivity index (χ3n) is 3.79. The lowest BCUT2D eigenvalue weighted by atomic mass is 10.2. The zero-order valence-electron chi connectivity index (χ0n) is 13.5. The number of carbonyl (C=O) groups excluding carboxylic acids is 2. The van der Waals surface area contributed by atoms with Crippen molar-refractivity contribution in [2.75, 3.05) is 6.54 Å². The van der Waals surface area contributed by atoms with E-state index in [1.807, 2.05) is 59.5 Å². The average molecular weight is 341 g/mol. The molecule has 0 aliphatic carbocycles. The molecule has 0 aromatic heterocycles. The molecule has 0 N–H and O–H groups in total. The molecule has 1 aliphatic rings. The number of nitrogens with zero attached hydrogens (tertiary/aromatic N) is 1. The van der Waals surface area contributed by atoms with Gasteiger partial charge in [-0.3, -0.25) is 9.59 Å². The standard InChI is InChI=1S/C19H19NO3S/c1-14(21)24-18-11-19(22)20(13-18)12-15-7-9-17(10-8-15)23-16-5-3-2-4-6-16/h2-10,18H,11-13H2,1H3. The van der Waals surface area contributed by atoms with Gasteiger partial charge in [0, 0.05) is 31.7 Å². The van der Waals surface area contributed by atoms with Gasteiger partial charge in [0.15, 0.2) is 5.12 Å². The summed E-state index contributed by atoms with van der Waals surface area (Å²) >= 11 is 1.26. The molecule has 1 unspecified atom stereocenters. The first-order valence-corrected chi connectivity index (χ1v) is 8.75. The van der Waals surface area contributed by atoms with Gasteiger partial charge in [0.05, 0.1) is 0 Å². The van der Waals surface area contributed by atoms with Gasteiger partial charge >= 0.3 is 0 Å². The van der Waals surface area contributed by atoms with Crippen molar-refractivity contribution in [3.63, 3.8) is 0 Å². The normalized spacial score (nSPS) is 17.1. The maximum Gasteiger partial charge on any atom is 0.224 e. The van der Waals surface area contributed by atoms with E-state index in [-0.39, 0.29) is 16.3 Å². The molecule has 0 saturated carbocycles. The Hall–Kier alpha value is -2.27. The Balaban J connectivity index is 1.58. The molecule has 1 saturated heterocycles. The van der Waals surface area contributed by atoms with Gasteiger partial charge in [-0.05, 0) is 29.8 Å². The lowest BCUT2D eigenvalue weighted by molar-refractivity contribution is -0.128. The van der Waals surface area contributed by atoms with Crippen molar-refractivity contribution in [1.29, 1.82) is 0 Å². The molecule has 1 amide bonds. The Labute approximate surface area is 145 Å². The van der Waals surface area contributed by atoms with Gasteiger partial charge in [-0.25, -0.2) is 0 Å². The highest BCUT2D eigenvalue weighted by molar-refractivity contribution is 8.14. The van der Waals surface area contributed by atoms with Crippen LogP contribution >= 0.6 is 11.8 Å². The second-order valence-electron chi connectivity index (χ2n) is 5.77. The van der Waals surface area contributed by atoms with E-state index in [2.05, 4.69) is 0 Å². The molecule has 2 aromatic rings. The summed E-state index contributed by atoms with van der Waals surface area (Å²) in [5.74, 6) is 1.67. The number of amides is 1. The van der Waals surface area contributed by atoms with E-state index in [1.165, 1.54) is 11.8 Å². The van der Waals surface area contributed by atoms with Crippen molar-refractivity contribution in [1.82, 2.24) is 4.90 Å². The average Bonchev–Trinajstić information content (AvgIpc) is 2.89. The molecule has 3 rings (SSSR count). The van der Waals surface area contributed by atoms with Crippen molar-refractivity contribution in [3.8, 4) is 11.5 Å². The summed E-state index contributed by atoms with van der Waals surface area (Å²) in [6.07, 6.45) is 0.444. The van der Waals surface area contributed by atoms with E-state index in [0.717, 1.165) is 17.1 Å². The number of rotatable bonds is 5. The Bertz CT molecular complexity index is 715. The SMILES string of the molecule is CC(=O)SC1CC(=O)N(Cc2ccc(Oc3ccccc3)cc2)C1. The monoisotopic (exact) mass is 341 g/mol. The summed E-state index contributed by atoms with van der Waals surface area (Å²) in [7, 11) is 0. The minimum Gasteiger partial charge on any atom is -0.457 e. The maximum absolute atomic E-state index is 12.1. The van der Waals surface area contributed by atoms with Crippen molar-refractivity contribution in [2.24, 2.45) is 0 Å². The highest BCUT2D eigenvalue weighted by Gasteiger charge is 2.30. The minimum atomic E-state index is 0.0667. The van der Waals surface area contributed by atoms with Crippen LogP contribution in [0.25, 0.3) is 0 Å². The zero-order chi connectivity index (χ0) is 16.9. The lowest BCUT2D eigenvalue weighted by Crippen LogP contribution is -2.24. The van der Waals surface area contributed by atoms with E-state index >= 15 is 0 Å². The van der Waals surface area contributed by atoms with Gasteiger partial charge in [-0.15, -0.1) is 0 Å². The van der Waals surface area contributed by atoms with Crippen LogP contribution in [0.3, 0.4) is 0 Å². The number of carbonyl (C=O) groups is 2. The van der Waals surface area contributed by atoms with Gasteiger partial charge in [0.1, 0.15) is 11.5 Å². The molecule has 1 fully saturated rings. The fourth-order valence-corrected chi connectivity index (χ4v) is 3.66. The quantitative estimate of drug-likeness (QED) is 0.828. The predicted molar refractivity (Wildman–Crippen MR) is 95.1 cm³/mol. The molecule has 0 bridgehead atoms. The van der Waals surface area contributed by atoms with Gasteiger partial charge in [-0.2, -0.15) is 0 Å². The molecule has 1 atom stereocenters. The van der Waals surface area contributed by atoms with Crippen LogP contribution in [-0.2, 0) is 16.1 Å². The van der Waals surface area contributed by atoms with Crippen molar-refractivity contribution < 1.29 is 14.3 Å². The lowest BCUT2D eigenvalue weighted by Gasteiger charge is -2.16. The molecule has 5 heteroatoms. The van der Waals surface area contributed by atoms with Gasteiger partial charge < -0.3 is 9.64 Å². The number of ether oxygens (including phenoxy) is 1. The summed E-state index contributed by atoms with van der Waals surface area (Å²) < 4.78 is 5.76. The first-order valence-electron chi connectivity index (χ1n) is 7.87. The topological polar surface area (TPSA) is 46.6 Å². The Morgan fingerprint density at radius 1 is 1.12 bits per heavy atom. The fourth-order valence-electron chi connectivity index (χ4n) is 2.71. The smallest absolute Gasteiger partial charge is 0.224 e. The molecule has 1 heterocycles. The van der Waals surface area contributed by atoms with Crippen molar-refractivity contribution >= 4 is 22.8 Å². The third kappa shape index (κ3) is 4.38. The van der Waals surface area contributed by atoms with Gasteiger partial charge in [0.2, 0.25) is 5.91 Å². The van der Waals surface area contributed by atoms with Crippen LogP contribution in [0.15, 0.2) is 54.6 Å². The summed E-state index contributed by atoms with van der Waals surface area (Å²) in [6.45, 7) is 2.74. The van der Waals surface area contributed by atoms with Crippen molar-refractivity contribution in [3.05, 3.63) is 60.2 Å². The van der Waals surface area contributed by atoms with Gasteiger partial charge in [0.25, 0.3) is 0 Å². The van der Waals surface area contributed by atoms with E-state index < -0.39 is 0 Å². The highest BCUT2D eigenvalue weighted by atomic mass is 32.2. The van der Waals surface area contributed by atoms with E-state index in [9.17, 15) is 9.59 Å². The van der Waals surface area contributed by atoms with Crippen molar-refractivity contribution in [2.45, 2.75) is 25.1 Å². The highest BCUT2D eigenvalue weighted by Crippen LogP contribution is 2.26. The van der Waals surface area contributed by atoms with Crippen LogP contribution in [0.1, 0.15) is 18.9 Å². The molecule has 2 aromatic carbocycles. The maximum atomic E-state index is 12.1. The van der Waals surface area contributed by atoms with Crippen LogP contribution in [-0.4, -0.2) is 27.7 Å². The summed E-state index contributed by atoms with van der Waals surface area (Å²) in [6, 6.07) is 17.4. The molecule has 124 valence electrons. The molecule has 4 nitrogen and oxygen atoms in total. The Morgan fingerprint density at radius 2 is 1.79 bits per heavy atom. The predicted octanol–water partition coefficient (Wildman–Crippen LogP) is 3.86. The Morgan fingerprint density at radius 3 is 2.46 bits per heavy atom. The Kier molecular flexibility index (Phi) is 5.20. The van der Waals surface area contributed by atoms with Crippen LogP contribution in [0.2, 0.25) is 0 Å². The number of para-hydroxylation sites is 1. The molecule has 0 spiro atoms. The number of hydrogen-bond donors (Lipinski definition) is 0. The number of hydrogen-bond acceptors (Lipinski definition) is 4. The fraction of sp³-hybridized carbons (Fsp3) is 0.263. The summed E-state index contributed by atoms with van der Waals surface area (Å²) in [5.41, 5.74) is 1.05. The van der Waals surface area contributed by atoms with Crippen LogP contribution in [0.4, 0.5) is 0 Å². The minimum absolute atomic E-state index is 0.0667. The number of likely N-dealkylation sites (tertiary alicyclic amines) is 1. The molecule has 24 heavy (non-hydrogen) atoms. The second-order valence-corrected chi connectivity index (χ2v) is 7.25. The van der Waals surface area contributed by atoms with E-state index in [0.29, 0.717) is 19.5 Å². The van der Waals surface area contributed by atoms with Crippen LogP contribution in [0.5, 0.6) is 11.5 Å². The molecular formula is C19H19NO3S. The number of benzene rings is 2. The third-order valence-corrected chi connectivity index (χ3v) is 4.77. The first kappa shape index (κ1) is 16.6.